The molecule has 4 rings (SSSR count). The van der Waals surface area contributed by atoms with E-state index in [-0.39, 0.29) is 23.7 Å². The zero-order chi connectivity index (χ0) is 29.5. The maximum atomic E-state index is 15.1. The van der Waals surface area contributed by atoms with Crippen molar-refractivity contribution in [3.05, 3.63) is 81.1 Å². The van der Waals surface area contributed by atoms with Gasteiger partial charge in [-0.3, -0.25) is 9.56 Å². The summed E-state index contributed by atoms with van der Waals surface area (Å²) < 4.78 is 16.5. The molecule has 2 atom stereocenters. The molecule has 41 heavy (non-hydrogen) atoms. The van der Waals surface area contributed by atoms with Gasteiger partial charge in [-0.25, -0.2) is 9.18 Å². The lowest BCUT2D eigenvalue weighted by atomic mass is 10.0. The fourth-order valence-corrected chi connectivity index (χ4v) is 4.91. The second kappa shape index (κ2) is 13.9. The minimum Gasteiger partial charge on any atom is -0.386 e. The molecule has 0 spiro atoms. The summed E-state index contributed by atoms with van der Waals surface area (Å²) in [6.07, 6.45) is 5.03. The number of halogens is 2. The second-order valence-corrected chi connectivity index (χ2v) is 10.8. The summed E-state index contributed by atoms with van der Waals surface area (Å²) in [7, 11) is 0. The first-order valence-corrected chi connectivity index (χ1v) is 14.2. The van der Waals surface area contributed by atoms with Crippen molar-refractivity contribution in [1.29, 1.82) is 0 Å². The van der Waals surface area contributed by atoms with Crippen LogP contribution in [0.1, 0.15) is 50.3 Å². The Kier molecular flexibility index (Phi) is 10.3. The van der Waals surface area contributed by atoms with E-state index < -0.39 is 11.5 Å². The lowest BCUT2D eigenvalue weighted by molar-refractivity contribution is 0.562. The molecule has 0 aliphatic heterocycles. The highest BCUT2D eigenvalue weighted by molar-refractivity contribution is 6.31. The van der Waals surface area contributed by atoms with Crippen LogP contribution in [0, 0.1) is 5.82 Å². The lowest BCUT2D eigenvalue weighted by Gasteiger charge is -2.15. The van der Waals surface area contributed by atoms with Gasteiger partial charge in [0.1, 0.15) is 11.5 Å². The van der Waals surface area contributed by atoms with Crippen molar-refractivity contribution in [2.24, 2.45) is 22.2 Å². The molecule has 218 valence electrons. The second-order valence-electron chi connectivity index (χ2n) is 10.4. The van der Waals surface area contributed by atoms with Gasteiger partial charge in [0.15, 0.2) is 5.82 Å². The van der Waals surface area contributed by atoms with Crippen molar-refractivity contribution < 1.29 is 4.39 Å². The molecule has 0 saturated heterocycles. The number of amidine groups is 1. The van der Waals surface area contributed by atoms with Gasteiger partial charge in [0.05, 0.1) is 22.9 Å². The smallest absolute Gasteiger partial charge is 0.354 e. The molecule has 4 aromatic rings. The van der Waals surface area contributed by atoms with Gasteiger partial charge in [0.25, 0.3) is 0 Å². The number of H-pyrrole nitrogens is 1. The Morgan fingerprint density at radius 2 is 1.95 bits per heavy atom. The van der Waals surface area contributed by atoms with Crippen molar-refractivity contribution in [2.75, 3.05) is 19.6 Å². The van der Waals surface area contributed by atoms with Gasteiger partial charge < -0.3 is 27.5 Å². The quantitative estimate of drug-likeness (QED) is 0.0907. The number of nitrogens with two attached hydrogens (primary N) is 3. The van der Waals surface area contributed by atoms with Crippen LogP contribution in [0.5, 0.6) is 0 Å². The number of nitrogens with zero attached hydrogens (tertiary/aromatic N) is 3. The fraction of sp³-hybridized carbons (Fsp3) is 0.367. The van der Waals surface area contributed by atoms with E-state index in [1.54, 1.807) is 24.4 Å². The molecule has 0 amide bonds. The molecule has 0 aliphatic carbocycles. The number of rotatable bonds is 13. The summed E-state index contributed by atoms with van der Waals surface area (Å²) in [5.74, 6) is -0.0583. The Morgan fingerprint density at radius 3 is 2.66 bits per heavy atom. The topological polar surface area (TPSA) is 153 Å². The summed E-state index contributed by atoms with van der Waals surface area (Å²) >= 11 is 6.23. The third-order valence-corrected chi connectivity index (χ3v) is 7.27. The van der Waals surface area contributed by atoms with Crippen LogP contribution in [0.15, 0.2) is 58.4 Å². The molecule has 0 aliphatic rings. The van der Waals surface area contributed by atoms with E-state index in [0.29, 0.717) is 40.4 Å². The fourth-order valence-electron chi connectivity index (χ4n) is 4.66. The predicted molar refractivity (Wildman–Crippen MR) is 165 cm³/mol. The van der Waals surface area contributed by atoms with Gasteiger partial charge in [0.2, 0.25) is 0 Å². The van der Waals surface area contributed by atoms with Crippen molar-refractivity contribution in [3.8, 4) is 16.9 Å². The van der Waals surface area contributed by atoms with Crippen LogP contribution in [0.4, 0.5) is 4.39 Å². The Bertz CT molecular complexity index is 1560. The molecular weight excluding hydrogens is 543 g/mol. The molecule has 0 fully saturated rings. The lowest BCUT2D eigenvalue weighted by Crippen LogP contribution is -2.24. The van der Waals surface area contributed by atoms with Crippen molar-refractivity contribution in [2.45, 2.75) is 51.6 Å². The normalized spacial score (nSPS) is 13.6. The van der Waals surface area contributed by atoms with E-state index in [1.807, 2.05) is 31.2 Å². The van der Waals surface area contributed by atoms with Crippen molar-refractivity contribution >= 4 is 28.5 Å². The zero-order valence-corrected chi connectivity index (χ0v) is 24.2. The molecule has 2 aromatic heterocycles. The standard InChI is InChI=1S/C30H38ClFN8O/c1-18(34)5-3-6-20-13-24(28(32)25(31)14-20)26-15-22-17-40(30(41)39-29(22)38-26)23-9-7-21(8-10-23)19(2)36-11-4-12-37-27(35)16-33/h7-10,13-15,17-19,36H,3-6,11-12,16,33-34H2,1-2H3,(H2,35,37)(H,38,39,41)/t18-,19-/m0/s1. The van der Waals surface area contributed by atoms with Crippen LogP contribution in [0.25, 0.3) is 28.0 Å². The highest BCUT2D eigenvalue weighted by Gasteiger charge is 2.16. The first-order chi connectivity index (χ1) is 19.7. The van der Waals surface area contributed by atoms with E-state index in [0.717, 1.165) is 43.4 Å². The number of aliphatic imine (C=N–C) groups is 1. The van der Waals surface area contributed by atoms with E-state index in [1.165, 1.54) is 4.57 Å². The maximum absolute atomic E-state index is 15.1. The minimum absolute atomic E-state index is 0.0538. The molecule has 9 nitrogen and oxygen atoms in total. The molecule has 0 unspecified atom stereocenters. The van der Waals surface area contributed by atoms with Crippen LogP contribution in [0.2, 0.25) is 5.02 Å². The number of fused-ring (bicyclic) bond motifs is 1. The van der Waals surface area contributed by atoms with Crippen LogP contribution < -0.4 is 28.2 Å². The van der Waals surface area contributed by atoms with Gasteiger partial charge >= 0.3 is 5.69 Å². The average molecular weight is 581 g/mol. The predicted octanol–water partition coefficient (Wildman–Crippen LogP) is 4.20. The van der Waals surface area contributed by atoms with Crippen LogP contribution in [-0.2, 0) is 6.42 Å². The number of hydrogen-bond donors (Lipinski definition) is 5. The Morgan fingerprint density at radius 1 is 1.20 bits per heavy atom. The highest BCUT2D eigenvalue weighted by atomic mass is 35.5. The van der Waals surface area contributed by atoms with E-state index in [4.69, 9.17) is 28.8 Å². The number of nitrogens with one attached hydrogen (secondary N) is 2. The first-order valence-electron chi connectivity index (χ1n) is 13.8. The van der Waals surface area contributed by atoms with Gasteiger partial charge in [0, 0.05) is 35.8 Å². The van der Waals surface area contributed by atoms with Crippen molar-refractivity contribution in [3.63, 3.8) is 0 Å². The monoisotopic (exact) mass is 580 g/mol. The SMILES string of the molecule is C[C@H](N)CCCc1cc(Cl)c(F)c(-c2cc3cn(-c4ccc([C@H](C)NCCCN=C(N)CN)cc4)c(=O)nc3[nH]2)c1. The van der Waals surface area contributed by atoms with E-state index in [9.17, 15) is 4.79 Å². The third kappa shape index (κ3) is 7.80. The zero-order valence-electron chi connectivity index (χ0n) is 23.5. The highest BCUT2D eigenvalue weighted by Crippen LogP contribution is 2.31. The minimum atomic E-state index is -0.518. The van der Waals surface area contributed by atoms with Crippen molar-refractivity contribution in [1.82, 2.24) is 19.9 Å². The third-order valence-electron chi connectivity index (χ3n) is 6.99. The largest absolute Gasteiger partial charge is 0.386 e. The van der Waals surface area contributed by atoms with Gasteiger partial charge in [-0.2, -0.15) is 4.98 Å². The Hall–Kier alpha value is -3.57. The summed E-state index contributed by atoms with van der Waals surface area (Å²) in [5.41, 5.74) is 20.4. The molecule has 0 saturated carbocycles. The van der Waals surface area contributed by atoms with Gasteiger partial charge in [-0.05, 0) is 87.5 Å². The number of aryl methyl sites for hydroxylation is 1. The Labute approximate surface area is 244 Å². The molecule has 0 radical (unpaired) electrons. The van der Waals surface area contributed by atoms with Crippen LogP contribution in [-0.4, -0.2) is 46.0 Å². The van der Waals surface area contributed by atoms with Crippen LogP contribution in [0.3, 0.4) is 0 Å². The molecule has 8 N–H and O–H groups in total. The number of aromatic nitrogens is 3. The maximum Gasteiger partial charge on any atom is 0.354 e. The molecule has 2 aromatic carbocycles. The summed E-state index contributed by atoms with van der Waals surface area (Å²) in [4.78, 5) is 24.4. The number of benzene rings is 2. The molecular formula is C30H38ClFN8O. The first kappa shape index (κ1) is 30.4. The molecule has 11 heteroatoms. The Balaban J connectivity index is 1.51. The molecule has 0 bridgehead atoms. The number of aromatic amines is 1. The molecule has 2 heterocycles. The van der Waals surface area contributed by atoms with Gasteiger partial charge in [-0.15, -0.1) is 0 Å². The summed E-state index contributed by atoms with van der Waals surface area (Å²) in [6, 6.07) is 13.2. The number of hydrogen-bond acceptors (Lipinski definition) is 6. The van der Waals surface area contributed by atoms with E-state index >= 15 is 4.39 Å². The van der Waals surface area contributed by atoms with Gasteiger partial charge in [-0.1, -0.05) is 23.7 Å². The van der Waals surface area contributed by atoms with Crippen LogP contribution >= 0.6 is 11.6 Å². The summed E-state index contributed by atoms with van der Waals surface area (Å²) in [6.45, 7) is 5.71. The van der Waals surface area contributed by atoms with E-state index in [2.05, 4.69) is 27.2 Å². The summed E-state index contributed by atoms with van der Waals surface area (Å²) in [5, 5.41) is 4.19. The average Bonchev–Trinajstić information content (AvgIpc) is 3.36.